The van der Waals surface area contributed by atoms with Crippen LogP contribution in [-0.4, -0.2) is 11.4 Å². The number of rotatable bonds is 13. The van der Waals surface area contributed by atoms with Crippen molar-refractivity contribution in [1.82, 2.24) is 0 Å². The monoisotopic (exact) mass is 279 g/mol. The Balaban J connectivity index is 3.36. The zero-order valence-corrected chi connectivity index (χ0v) is 13.5. The second-order valence-electron chi connectivity index (χ2n) is 5.72. The maximum absolute atomic E-state index is 8.41. The molecule has 0 aliphatic carbocycles. The molecule has 0 fully saturated rings. The van der Waals surface area contributed by atoms with Gasteiger partial charge in [0.15, 0.2) is 0 Å². The molecule has 0 aliphatic rings. The average Bonchev–Trinajstić information content (AvgIpc) is 2.41. The summed E-state index contributed by atoms with van der Waals surface area (Å²) >= 11 is 0. The Labute approximate surface area is 125 Å². The first-order valence-electron chi connectivity index (χ1n) is 8.24. The smallest absolute Gasteiger partial charge is 0.0690 e. The topological polar surface area (TPSA) is 32.6 Å². The van der Waals surface area contributed by atoms with Gasteiger partial charge in [-0.1, -0.05) is 88.1 Å². The van der Waals surface area contributed by atoms with Gasteiger partial charge in [0.05, 0.1) is 6.21 Å². The van der Waals surface area contributed by atoms with Gasteiger partial charge in [0.2, 0.25) is 0 Å². The molecule has 0 heterocycles. The molecule has 20 heavy (non-hydrogen) atoms. The van der Waals surface area contributed by atoms with Crippen LogP contribution < -0.4 is 0 Å². The van der Waals surface area contributed by atoms with E-state index in [4.69, 9.17) is 5.21 Å². The molecular formula is C18H33NO. The van der Waals surface area contributed by atoms with Crippen LogP contribution >= 0.6 is 0 Å². The molecule has 0 saturated heterocycles. The van der Waals surface area contributed by atoms with E-state index in [0.29, 0.717) is 0 Å². The molecule has 2 nitrogen and oxygen atoms in total. The Kier molecular flexibility index (Phi) is 13.6. The predicted molar refractivity (Wildman–Crippen MR) is 89.6 cm³/mol. The normalized spacial score (nSPS) is 12.2. The quantitative estimate of drug-likeness (QED) is 0.139. The summed E-state index contributed by atoms with van der Waals surface area (Å²) in [4.78, 5) is 0. The van der Waals surface area contributed by atoms with Crippen molar-refractivity contribution < 1.29 is 5.21 Å². The Hall–Kier alpha value is -1.05. The Morgan fingerprint density at radius 2 is 1.45 bits per heavy atom. The molecule has 0 aliphatic heterocycles. The minimum Gasteiger partial charge on any atom is -0.411 e. The van der Waals surface area contributed by atoms with E-state index in [1.54, 1.807) is 0 Å². The third-order valence-corrected chi connectivity index (χ3v) is 3.54. The van der Waals surface area contributed by atoms with Gasteiger partial charge in [0.1, 0.15) is 0 Å². The lowest BCUT2D eigenvalue weighted by Gasteiger charge is -2.03. The lowest BCUT2D eigenvalue weighted by molar-refractivity contribution is 0.321. The van der Waals surface area contributed by atoms with Crippen molar-refractivity contribution in [1.29, 1.82) is 0 Å². The number of oxime groups is 1. The van der Waals surface area contributed by atoms with Crippen LogP contribution in [0.4, 0.5) is 0 Å². The summed E-state index contributed by atoms with van der Waals surface area (Å²) in [5.41, 5.74) is 2.08. The second kappa shape index (κ2) is 14.4. The standard InChI is InChI=1S/C18H33NO/c1-4-5-6-7-8-9-10-11-12-13-14-17(2)15-18(3)16-19-20/h15-16,20H,2,4-14H2,1,3H3/b18-15+,19-16+. The van der Waals surface area contributed by atoms with Gasteiger partial charge >= 0.3 is 0 Å². The highest BCUT2D eigenvalue weighted by molar-refractivity contribution is 5.77. The number of nitrogens with zero attached hydrogens (tertiary/aromatic N) is 1. The third kappa shape index (κ3) is 13.4. The van der Waals surface area contributed by atoms with Gasteiger partial charge in [-0.25, -0.2) is 0 Å². The molecule has 0 rings (SSSR count). The molecule has 0 aromatic rings. The average molecular weight is 279 g/mol. The van der Waals surface area contributed by atoms with E-state index in [1.165, 1.54) is 70.4 Å². The summed E-state index contributed by atoms with van der Waals surface area (Å²) < 4.78 is 0. The van der Waals surface area contributed by atoms with Crippen molar-refractivity contribution in [3.8, 4) is 0 Å². The molecule has 0 aromatic carbocycles. The largest absolute Gasteiger partial charge is 0.411 e. The molecule has 0 unspecified atom stereocenters. The first-order valence-corrected chi connectivity index (χ1v) is 8.24. The summed E-state index contributed by atoms with van der Waals surface area (Å²) in [6.45, 7) is 8.22. The van der Waals surface area contributed by atoms with E-state index < -0.39 is 0 Å². The molecule has 0 atom stereocenters. The molecule has 0 bridgehead atoms. The zero-order chi connectivity index (χ0) is 15.1. The zero-order valence-electron chi connectivity index (χ0n) is 13.5. The van der Waals surface area contributed by atoms with Gasteiger partial charge in [-0.3, -0.25) is 0 Å². The van der Waals surface area contributed by atoms with Crippen LogP contribution in [-0.2, 0) is 0 Å². The van der Waals surface area contributed by atoms with Crippen LogP contribution in [0.3, 0.4) is 0 Å². The number of hydrogen-bond acceptors (Lipinski definition) is 2. The predicted octanol–water partition coefficient (Wildman–Crippen LogP) is 6.26. The van der Waals surface area contributed by atoms with E-state index >= 15 is 0 Å². The van der Waals surface area contributed by atoms with Gasteiger partial charge < -0.3 is 5.21 Å². The van der Waals surface area contributed by atoms with E-state index in [9.17, 15) is 0 Å². The summed E-state index contributed by atoms with van der Waals surface area (Å²) in [7, 11) is 0. The van der Waals surface area contributed by atoms with Gasteiger partial charge in [0.25, 0.3) is 0 Å². The van der Waals surface area contributed by atoms with Crippen LogP contribution in [0.25, 0.3) is 0 Å². The van der Waals surface area contributed by atoms with Crippen molar-refractivity contribution >= 4 is 6.21 Å². The maximum atomic E-state index is 8.41. The van der Waals surface area contributed by atoms with Crippen molar-refractivity contribution in [2.45, 2.75) is 84.5 Å². The van der Waals surface area contributed by atoms with Crippen LogP contribution in [0.2, 0.25) is 0 Å². The molecule has 0 radical (unpaired) electrons. The SMILES string of the molecule is C=C(/C=C(C)/C=N/O)CCCCCCCCCCCC. The van der Waals surface area contributed by atoms with E-state index in [-0.39, 0.29) is 0 Å². The molecule has 0 spiro atoms. The molecule has 0 aromatic heterocycles. The highest BCUT2D eigenvalue weighted by Gasteiger charge is 1.95. The lowest BCUT2D eigenvalue weighted by Crippen LogP contribution is -1.85. The fraction of sp³-hybridized carbons (Fsp3) is 0.722. The van der Waals surface area contributed by atoms with E-state index in [0.717, 1.165) is 17.6 Å². The van der Waals surface area contributed by atoms with E-state index in [1.807, 2.05) is 13.0 Å². The minimum atomic E-state index is 0.949. The van der Waals surface area contributed by atoms with Crippen molar-refractivity contribution in [2.75, 3.05) is 0 Å². The molecule has 116 valence electrons. The molecule has 0 amide bonds. The van der Waals surface area contributed by atoms with E-state index in [2.05, 4.69) is 18.7 Å². The van der Waals surface area contributed by atoms with Gasteiger partial charge in [-0.05, 0) is 25.3 Å². The Morgan fingerprint density at radius 3 is 1.95 bits per heavy atom. The number of unbranched alkanes of at least 4 members (excludes halogenated alkanes) is 9. The van der Waals surface area contributed by atoms with Crippen LogP contribution in [0.5, 0.6) is 0 Å². The third-order valence-electron chi connectivity index (χ3n) is 3.54. The first kappa shape index (κ1) is 18.9. The van der Waals surface area contributed by atoms with Gasteiger partial charge in [0, 0.05) is 0 Å². The molecule has 2 heteroatoms. The Morgan fingerprint density at radius 1 is 0.950 bits per heavy atom. The van der Waals surface area contributed by atoms with Crippen LogP contribution in [0, 0.1) is 0 Å². The first-order chi connectivity index (χ1) is 9.70. The van der Waals surface area contributed by atoms with Gasteiger partial charge in [-0.15, -0.1) is 0 Å². The fourth-order valence-corrected chi connectivity index (χ4v) is 2.36. The van der Waals surface area contributed by atoms with Crippen molar-refractivity contribution in [3.05, 3.63) is 23.8 Å². The molecule has 0 saturated carbocycles. The fourth-order valence-electron chi connectivity index (χ4n) is 2.36. The van der Waals surface area contributed by atoms with Crippen molar-refractivity contribution in [3.63, 3.8) is 0 Å². The number of allylic oxidation sites excluding steroid dienone is 3. The minimum absolute atomic E-state index is 0.949. The summed E-state index contributed by atoms with van der Waals surface area (Å²) in [5, 5.41) is 11.4. The number of hydrogen-bond donors (Lipinski definition) is 1. The highest BCUT2D eigenvalue weighted by Crippen LogP contribution is 2.14. The molecular weight excluding hydrogens is 246 g/mol. The summed E-state index contributed by atoms with van der Waals surface area (Å²) in [6, 6.07) is 0. The van der Waals surface area contributed by atoms with Crippen LogP contribution in [0.15, 0.2) is 29.0 Å². The molecule has 1 N–H and O–H groups in total. The van der Waals surface area contributed by atoms with Crippen LogP contribution in [0.1, 0.15) is 84.5 Å². The summed E-state index contributed by atoms with van der Waals surface area (Å²) in [5.74, 6) is 0. The summed E-state index contributed by atoms with van der Waals surface area (Å²) in [6.07, 6.45) is 18.1. The maximum Gasteiger partial charge on any atom is 0.0690 e. The highest BCUT2D eigenvalue weighted by atomic mass is 16.4. The lowest BCUT2D eigenvalue weighted by atomic mass is 10.0. The second-order valence-corrected chi connectivity index (χ2v) is 5.72. The van der Waals surface area contributed by atoms with Gasteiger partial charge in [-0.2, -0.15) is 0 Å². The Bertz CT molecular complexity index is 292. The van der Waals surface area contributed by atoms with Crippen molar-refractivity contribution in [2.24, 2.45) is 5.16 Å².